The van der Waals surface area contributed by atoms with Gasteiger partial charge >= 0.3 is 0 Å². The molecule has 0 aliphatic rings. The van der Waals surface area contributed by atoms with E-state index in [1.165, 1.54) is 11.3 Å². The van der Waals surface area contributed by atoms with Crippen molar-refractivity contribution in [3.63, 3.8) is 0 Å². The summed E-state index contributed by atoms with van der Waals surface area (Å²) >= 11 is 1.37. The van der Waals surface area contributed by atoms with Crippen LogP contribution in [0.2, 0.25) is 0 Å². The fraction of sp³-hybridized carbons (Fsp3) is 0.190. The molecule has 8 heteroatoms. The lowest BCUT2D eigenvalue weighted by Crippen LogP contribution is -2.19. The van der Waals surface area contributed by atoms with Gasteiger partial charge in [-0.3, -0.25) is 10.2 Å². The van der Waals surface area contributed by atoms with Crippen molar-refractivity contribution in [3.8, 4) is 5.75 Å². The molecular weight excluding hydrogens is 386 g/mol. The summed E-state index contributed by atoms with van der Waals surface area (Å²) in [6, 6.07) is 12.4. The average molecular weight is 410 g/mol. The van der Waals surface area contributed by atoms with E-state index in [4.69, 9.17) is 15.9 Å². The lowest BCUT2D eigenvalue weighted by molar-refractivity contribution is 0.0955. The Bertz CT molecular complexity index is 1080. The number of nitrogens with zero attached hydrogens (tertiary/aromatic N) is 2. The highest BCUT2D eigenvalue weighted by molar-refractivity contribution is 7.06. The van der Waals surface area contributed by atoms with Crippen molar-refractivity contribution >= 4 is 28.6 Å². The molecule has 1 heterocycles. The average Bonchev–Trinajstić information content (AvgIpc) is 3.12. The smallest absolute Gasteiger partial charge is 0.271 e. The number of rotatable bonds is 7. The number of nitrogen functional groups attached to an aromatic ring is 1. The molecule has 29 heavy (non-hydrogen) atoms. The zero-order valence-corrected chi connectivity index (χ0v) is 17.1. The number of hydrazone groups is 1. The van der Waals surface area contributed by atoms with Gasteiger partial charge in [0.05, 0.1) is 18.9 Å². The first-order valence-corrected chi connectivity index (χ1v) is 10.0. The summed E-state index contributed by atoms with van der Waals surface area (Å²) in [6.07, 6.45) is 1.88. The second-order valence-corrected chi connectivity index (χ2v) is 7.25. The van der Waals surface area contributed by atoms with Crippen LogP contribution in [-0.4, -0.2) is 22.8 Å². The van der Waals surface area contributed by atoms with Gasteiger partial charge in [-0.1, -0.05) is 0 Å². The normalized spacial score (nSPS) is 11.3. The number of hydrogen-bond donors (Lipinski definition) is 3. The molecule has 0 radical (unpaired) electrons. The Morgan fingerprint density at radius 2 is 1.97 bits per heavy atom. The SMILES string of the molecule is CCOc1ccc(/C(C)=N\NC(=O)c2ccc(N)cc2)cc1Cn1ccsc1=N. The number of benzene rings is 2. The van der Waals surface area contributed by atoms with Gasteiger partial charge in [-0.05, 0) is 61.9 Å². The Balaban J connectivity index is 1.81. The fourth-order valence-corrected chi connectivity index (χ4v) is 3.33. The van der Waals surface area contributed by atoms with Crippen molar-refractivity contribution in [1.82, 2.24) is 9.99 Å². The molecule has 2 aromatic carbocycles. The molecule has 1 aromatic heterocycles. The van der Waals surface area contributed by atoms with E-state index in [-0.39, 0.29) is 5.91 Å². The number of amides is 1. The van der Waals surface area contributed by atoms with Crippen molar-refractivity contribution in [3.05, 3.63) is 75.5 Å². The Morgan fingerprint density at radius 3 is 2.62 bits per heavy atom. The van der Waals surface area contributed by atoms with Crippen LogP contribution >= 0.6 is 11.3 Å². The molecule has 0 aliphatic carbocycles. The summed E-state index contributed by atoms with van der Waals surface area (Å²) in [5.74, 6) is 0.469. The summed E-state index contributed by atoms with van der Waals surface area (Å²) in [5, 5.41) is 14.1. The first kappa shape index (κ1) is 20.3. The predicted octanol–water partition coefficient (Wildman–Crippen LogP) is 3.21. The number of ether oxygens (including phenoxy) is 1. The highest BCUT2D eigenvalue weighted by Crippen LogP contribution is 2.22. The molecule has 0 bridgehead atoms. The van der Waals surface area contributed by atoms with Crippen LogP contribution in [0.4, 0.5) is 5.69 Å². The van der Waals surface area contributed by atoms with Gasteiger partial charge in [-0.15, -0.1) is 11.3 Å². The number of carbonyl (C=O) groups is 1. The molecule has 1 amide bonds. The molecule has 0 fully saturated rings. The monoisotopic (exact) mass is 409 g/mol. The minimum absolute atomic E-state index is 0.303. The second kappa shape index (κ2) is 9.20. The lowest BCUT2D eigenvalue weighted by Gasteiger charge is -2.13. The van der Waals surface area contributed by atoms with Crippen LogP contribution in [-0.2, 0) is 6.54 Å². The molecule has 0 spiro atoms. The quantitative estimate of drug-likeness (QED) is 0.317. The Morgan fingerprint density at radius 1 is 1.24 bits per heavy atom. The molecule has 150 valence electrons. The van der Waals surface area contributed by atoms with Crippen LogP contribution in [0.5, 0.6) is 5.75 Å². The first-order valence-electron chi connectivity index (χ1n) is 9.12. The first-order chi connectivity index (χ1) is 14.0. The molecule has 3 rings (SSSR count). The summed E-state index contributed by atoms with van der Waals surface area (Å²) in [7, 11) is 0. The molecule has 0 unspecified atom stereocenters. The summed E-state index contributed by atoms with van der Waals surface area (Å²) in [6.45, 7) is 4.84. The third kappa shape index (κ3) is 5.11. The van der Waals surface area contributed by atoms with Gasteiger partial charge in [-0.2, -0.15) is 5.10 Å². The molecule has 0 saturated heterocycles. The second-order valence-electron chi connectivity index (χ2n) is 6.35. The van der Waals surface area contributed by atoms with Crippen LogP contribution in [0.3, 0.4) is 0 Å². The zero-order valence-electron chi connectivity index (χ0n) is 16.3. The lowest BCUT2D eigenvalue weighted by atomic mass is 10.1. The number of thiazole rings is 1. The highest BCUT2D eigenvalue weighted by Gasteiger charge is 2.10. The largest absolute Gasteiger partial charge is 0.494 e. The number of nitrogens with two attached hydrogens (primary N) is 1. The molecule has 3 aromatic rings. The van der Waals surface area contributed by atoms with E-state index >= 15 is 0 Å². The fourth-order valence-electron chi connectivity index (χ4n) is 2.73. The molecular formula is C21H23N5O2S. The van der Waals surface area contributed by atoms with Gasteiger partial charge in [0.1, 0.15) is 5.75 Å². The van der Waals surface area contributed by atoms with E-state index in [0.29, 0.717) is 34.9 Å². The number of hydrogen-bond acceptors (Lipinski definition) is 6. The Labute approximate surface area is 173 Å². The van der Waals surface area contributed by atoms with Crippen molar-refractivity contribution in [1.29, 1.82) is 5.41 Å². The molecule has 0 aliphatic heterocycles. The van der Waals surface area contributed by atoms with Crippen molar-refractivity contribution in [2.75, 3.05) is 12.3 Å². The van der Waals surface area contributed by atoms with Gasteiger partial charge in [0.15, 0.2) is 4.80 Å². The van der Waals surface area contributed by atoms with Crippen LogP contribution in [0.15, 0.2) is 59.1 Å². The maximum absolute atomic E-state index is 12.2. The minimum atomic E-state index is -0.303. The third-order valence-corrected chi connectivity index (χ3v) is 5.01. The predicted molar refractivity (Wildman–Crippen MR) is 115 cm³/mol. The van der Waals surface area contributed by atoms with Crippen LogP contribution in [0, 0.1) is 5.41 Å². The van der Waals surface area contributed by atoms with Crippen molar-refractivity contribution < 1.29 is 9.53 Å². The topological polar surface area (TPSA) is 105 Å². The summed E-state index contributed by atoms with van der Waals surface area (Å²) < 4.78 is 7.58. The number of carbonyl (C=O) groups excluding carboxylic acids is 1. The summed E-state index contributed by atoms with van der Waals surface area (Å²) in [5.41, 5.74) is 11.8. The highest BCUT2D eigenvalue weighted by atomic mass is 32.1. The van der Waals surface area contributed by atoms with E-state index in [9.17, 15) is 4.79 Å². The van der Waals surface area contributed by atoms with Gasteiger partial charge in [0.25, 0.3) is 5.91 Å². The Hall–Kier alpha value is -3.39. The van der Waals surface area contributed by atoms with Crippen LogP contribution < -0.4 is 20.7 Å². The minimum Gasteiger partial charge on any atom is -0.494 e. The number of anilines is 1. The van der Waals surface area contributed by atoms with Crippen LogP contribution in [0.25, 0.3) is 0 Å². The van der Waals surface area contributed by atoms with E-state index in [2.05, 4.69) is 10.5 Å². The number of nitrogens with one attached hydrogen (secondary N) is 2. The van der Waals surface area contributed by atoms with E-state index < -0.39 is 0 Å². The maximum Gasteiger partial charge on any atom is 0.271 e. The van der Waals surface area contributed by atoms with Crippen molar-refractivity contribution in [2.45, 2.75) is 20.4 Å². The van der Waals surface area contributed by atoms with Gasteiger partial charge in [-0.25, -0.2) is 5.43 Å². The maximum atomic E-state index is 12.2. The molecule has 0 saturated carbocycles. The number of aromatic nitrogens is 1. The van der Waals surface area contributed by atoms with Crippen LogP contribution in [0.1, 0.15) is 35.3 Å². The zero-order chi connectivity index (χ0) is 20.8. The van der Waals surface area contributed by atoms with Gasteiger partial charge < -0.3 is 15.0 Å². The van der Waals surface area contributed by atoms with Gasteiger partial charge in [0, 0.05) is 28.4 Å². The molecule has 0 atom stereocenters. The van der Waals surface area contributed by atoms with E-state index in [1.807, 2.05) is 48.2 Å². The van der Waals surface area contributed by atoms with Crippen molar-refractivity contribution in [2.24, 2.45) is 5.10 Å². The summed E-state index contributed by atoms with van der Waals surface area (Å²) in [4.78, 5) is 12.7. The molecule has 7 nitrogen and oxygen atoms in total. The van der Waals surface area contributed by atoms with E-state index in [0.717, 1.165) is 16.9 Å². The van der Waals surface area contributed by atoms with Gasteiger partial charge in [0.2, 0.25) is 0 Å². The third-order valence-electron chi connectivity index (χ3n) is 4.30. The Kier molecular flexibility index (Phi) is 6.46. The molecule has 4 N–H and O–H groups in total. The van der Waals surface area contributed by atoms with E-state index in [1.54, 1.807) is 24.3 Å². The standard InChI is InChI=1S/C21H23N5O2S/c1-3-28-19-9-6-16(12-17(19)13-26-10-11-29-21(26)23)14(2)24-25-20(27)15-4-7-18(22)8-5-15/h4-12,23H,3,13,22H2,1-2H3,(H,25,27)/b23-21?,24-14-.